The number of sulfone groups is 1. The Morgan fingerprint density at radius 2 is 1.87 bits per heavy atom. The zero-order chi connectivity index (χ0) is 27.4. The zero-order valence-electron chi connectivity index (χ0n) is 20.9. The van der Waals surface area contributed by atoms with Crippen molar-refractivity contribution in [3.8, 4) is 17.5 Å². The van der Waals surface area contributed by atoms with E-state index < -0.39 is 32.1 Å². The summed E-state index contributed by atoms with van der Waals surface area (Å²) in [5.41, 5.74) is 1.84. The quantitative estimate of drug-likeness (QED) is 0.358. The van der Waals surface area contributed by atoms with Gasteiger partial charge in [-0.15, -0.1) is 0 Å². The van der Waals surface area contributed by atoms with Gasteiger partial charge in [-0.2, -0.15) is 15.3 Å². The fourth-order valence-corrected chi connectivity index (χ4v) is 4.76. The van der Waals surface area contributed by atoms with Gasteiger partial charge in [0.1, 0.15) is 29.0 Å². The van der Waals surface area contributed by atoms with Crippen molar-refractivity contribution in [2.45, 2.75) is 30.6 Å². The van der Waals surface area contributed by atoms with Crippen molar-refractivity contribution < 1.29 is 17.2 Å². The minimum Gasteiger partial charge on any atom is -0.325 e. The first-order valence-electron chi connectivity index (χ1n) is 11.5. The lowest BCUT2D eigenvalue weighted by Crippen LogP contribution is -2.19. The molecule has 2 N–H and O–H groups in total. The first kappa shape index (κ1) is 25.3. The van der Waals surface area contributed by atoms with Crippen LogP contribution in [-0.2, 0) is 16.9 Å². The van der Waals surface area contributed by atoms with Crippen LogP contribution in [0, 0.1) is 29.9 Å². The highest BCUT2D eigenvalue weighted by Crippen LogP contribution is 2.48. The number of aromatic amines is 1. The molecule has 38 heavy (non-hydrogen) atoms. The number of hydrogen-bond acceptors (Lipinski definition) is 9. The lowest BCUT2D eigenvalue weighted by Gasteiger charge is -2.22. The fourth-order valence-electron chi connectivity index (χ4n) is 4.12. The molecule has 0 radical (unpaired) electrons. The van der Waals surface area contributed by atoms with E-state index in [1.54, 1.807) is 23.9 Å². The molecule has 0 atom stereocenters. The van der Waals surface area contributed by atoms with Gasteiger partial charge in [-0.3, -0.25) is 5.10 Å². The normalized spacial score (nSPS) is 13.4. The Labute approximate surface area is 217 Å². The van der Waals surface area contributed by atoms with Crippen LogP contribution in [0.4, 0.5) is 32.1 Å². The van der Waals surface area contributed by atoms with Crippen molar-refractivity contribution in [3.05, 3.63) is 53.1 Å². The first-order chi connectivity index (χ1) is 18.0. The van der Waals surface area contributed by atoms with E-state index in [0.717, 1.165) is 47.4 Å². The lowest BCUT2D eigenvalue weighted by molar-refractivity contribution is 0.569. The van der Waals surface area contributed by atoms with E-state index in [1.165, 1.54) is 7.05 Å². The van der Waals surface area contributed by atoms with Crippen LogP contribution in [-0.4, -0.2) is 51.4 Å². The second kappa shape index (κ2) is 9.18. The average Bonchev–Trinajstić information content (AvgIpc) is 3.49. The predicted molar refractivity (Wildman–Crippen MR) is 135 cm³/mol. The second-order valence-corrected chi connectivity index (χ2v) is 11.2. The molecule has 11 nitrogen and oxygen atoms in total. The zero-order valence-corrected chi connectivity index (χ0v) is 21.7. The Morgan fingerprint density at radius 3 is 2.39 bits per heavy atom. The molecule has 0 bridgehead atoms. The molecule has 3 aromatic heterocycles. The second-order valence-electron chi connectivity index (χ2n) is 9.21. The summed E-state index contributed by atoms with van der Waals surface area (Å²) in [7, 11) is -0.782. The molecule has 0 saturated heterocycles. The molecule has 0 amide bonds. The van der Waals surface area contributed by atoms with Gasteiger partial charge in [0.15, 0.2) is 27.3 Å². The van der Waals surface area contributed by atoms with Crippen molar-refractivity contribution in [3.63, 3.8) is 0 Å². The van der Waals surface area contributed by atoms with Gasteiger partial charge < -0.3 is 14.8 Å². The Morgan fingerprint density at radius 1 is 1.18 bits per heavy atom. The maximum absolute atomic E-state index is 15.1. The molecule has 3 heterocycles. The van der Waals surface area contributed by atoms with Gasteiger partial charge in [-0.05, 0) is 37.8 Å². The number of nitrogens with one attached hydrogen (secondary N) is 2. The van der Waals surface area contributed by atoms with Gasteiger partial charge in [-0.1, -0.05) is 0 Å². The van der Waals surface area contributed by atoms with Gasteiger partial charge in [0.25, 0.3) is 0 Å². The molecule has 1 fully saturated rings. The SMILES string of the molecule is Cc1cc(Nc2nc(N(C)c3c(F)cc(S(C)(=O)=O)cc3F)nc(-c3cn(C)c(C#N)n3)c2C2CC2)n[nH]1. The number of imidazole rings is 1. The molecule has 1 aliphatic rings. The number of nitriles is 1. The van der Waals surface area contributed by atoms with Crippen LogP contribution in [0.1, 0.15) is 35.8 Å². The fraction of sp³-hybridized carbons (Fsp3) is 0.292. The summed E-state index contributed by atoms with van der Waals surface area (Å²) in [6.07, 6.45) is 4.29. The largest absolute Gasteiger partial charge is 0.325 e. The van der Waals surface area contributed by atoms with E-state index in [-0.39, 0.29) is 17.7 Å². The van der Waals surface area contributed by atoms with Crippen LogP contribution in [0.5, 0.6) is 0 Å². The maximum atomic E-state index is 15.1. The number of hydrogen-bond donors (Lipinski definition) is 2. The van der Waals surface area contributed by atoms with Gasteiger partial charge in [0.05, 0.1) is 4.90 Å². The van der Waals surface area contributed by atoms with Crippen molar-refractivity contribution in [2.24, 2.45) is 7.05 Å². The number of aryl methyl sites for hydroxylation is 2. The van der Waals surface area contributed by atoms with Crippen LogP contribution in [0.15, 0.2) is 29.3 Å². The van der Waals surface area contributed by atoms with E-state index in [1.807, 2.05) is 13.0 Å². The minimum absolute atomic E-state index is 0.0757. The number of halogens is 2. The molecule has 1 saturated carbocycles. The molecule has 0 unspecified atom stereocenters. The number of aromatic nitrogens is 6. The highest BCUT2D eigenvalue weighted by atomic mass is 32.2. The monoisotopic (exact) mass is 539 g/mol. The lowest BCUT2D eigenvalue weighted by atomic mass is 10.1. The first-order valence-corrected chi connectivity index (χ1v) is 13.4. The summed E-state index contributed by atoms with van der Waals surface area (Å²) in [6, 6.07) is 5.31. The summed E-state index contributed by atoms with van der Waals surface area (Å²) in [4.78, 5) is 14.3. The van der Waals surface area contributed by atoms with Gasteiger partial charge in [0, 0.05) is 43.9 Å². The van der Waals surface area contributed by atoms with Crippen molar-refractivity contribution >= 4 is 33.1 Å². The van der Waals surface area contributed by atoms with Crippen molar-refractivity contribution in [1.82, 2.24) is 29.7 Å². The van der Waals surface area contributed by atoms with Crippen LogP contribution >= 0.6 is 0 Å². The van der Waals surface area contributed by atoms with Crippen molar-refractivity contribution in [2.75, 3.05) is 23.5 Å². The summed E-state index contributed by atoms with van der Waals surface area (Å²) in [5, 5.41) is 19.7. The van der Waals surface area contributed by atoms with Crippen LogP contribution in [0.3, 0.4) is 0 Å². The van der Waals surface area contributed by atoms with Gasteiger partial charge in [0.2, 0.25) is 11.8 Å². The summed E-state index contributed by atoms with van der Waals surface area (Å²) >= 11 is 0. The van der Waals surface area contributed by atoms with E-state index >= 15 is 8.78 Å². The number of rotatable bonds is 7. The minimum atomic E-state index is -3.84. The Bertz CT molecular complexity index is 1700. The number of nitrogens with zero attached hydrogens (tertiary/aromatic N) is 7. The Hall–Kier alpha value is -4.38. The standard InChI is InChI=1S/C24H23F2N9O2S/c1-12-7-18(33-32-12)29-23-20(13-5-6-13)21(17-11-34(2)19(10-27)28-17)30-24(31-23)35(3)22-15(25)8-14(9-16(22)26)38(4,36)37/h7-9,11,13H,5-6H2,1-4H3,(H2,29,30,31,32,33). The summed E-state index contributed by atoms with van der Waals surface area (Å²) < 4.78 is 55.4. The molecule has 0 spiro atoms. The third-order valence-electron chi connectivity index (χ3n) is 6.14. The molecule has 4 aromatic rings. The van der Waals surface area contributed by atoms with Crippen LogP contribution in [0.25, 0.3) is 11.4 Å². The van der Waals surface area contributed by atoms with E-state index in [4.69, 9.17) is 0 Å². The predicted octanol–water partition coefficient (Wildman–Crippen LogP) is 3.85. The highest BCUT2D eigenvalue weighted by Gasteiger charge is 2.34. The molecule has 14 heteroatoms. The smallest absolute Gasteiger partial charge is 0.232 e. The molecule has 0 aliphatic heterocycles. The molecule has 5 rings (SSSR count). The molecule has 1 aliphatic carbocycles. The molecule has 196 valence electrons. The topological polar surface area (TPSA) is 145 Å². The number of benzene rings is 1. The van der Waals surface area contributed by atoms with E-state index in [0.29, 0.717) is 23.0 Å². The Kier molecular flexibility index (Phi) is 6.10. The number of anilines is 4. The molecular formula is C24H23F2N9O2S. The molecular weight excluding hydrogens is 516 g/mol. The van der Waals surface area contributed by atoms with Crippen molar-refractivity contribution in [1.29, 1.82) is 5.26 Å². The number of H-pyrrole nitrogens is 1. The van der Waals surface area contributed by atoms with Gasteiger partial charge in [-0.25, -0.2) is 27.2 Å². The molecule has 1 aromatic carbocycles. The van der Waals surface area contributed by atoms with E-state index in [9.17, 15) is 13.7 Å². The Balaban J connectivity index is 1.71. The summed E-state index contributed by atoms with van der Waals surface area (Å²) in [5.74, 6) is -1.12. The average molecular weight is 540 g/mol. The van der Waals surface area contributed by atoms with E-state index in [2.05, 4.69) is 30.5 Å². The highest BCUT2D eigenvalue weighted by molar-refractivity contribution is 7.90. The van der Waals surface area contributed by atoms with Crippen LogP contribution < -0.4 is 10.2 Å². The third-order valence-corrected chi connectivity index (χ3v) is 7.24. The van der Waals surface area contributed by atoms with Gasteiger partial charge >= 0.3 is 0 Å². The summed E-state index contributed by atoms with van der Waals surface area (Å²) in [6.45, 7) is 1.84. The third kappa shape index (κ3) is 4.68. The maximum Gasteiger partial charge on any atom is 0.232 e. The van der Waals surface area contributed by atoms with Crippen LogP contribution in [0.2, 0.25) is 0 Å².